The Balaban J connectivity index is 1.45. The molecule has 3 aromatic carbocycles. The Labute approximate surface area is 287 Å². The van der Waals surface area contributed by atoms with Gasteiger partial charge in [0.1, 0.15) is 32.5 Å². The van der Waals surface area contributed by atoms with Gasteiger partial charge in [0.25, 0.3) is 0 Å². The van der Waals surface area contributed by atoms with E-state index in [1.165, 1.54) is 0 Å². The van der Waals surface area contributed by atoms with Crippen molar-refractivity contribution >= 4 is 43.3 Å². The summed E-state index contributed by atoms with van der Waals surface area (Å²) in [7, 11) is -1.60. The molecule has 0 aliphatic carbocycles. The Kier molecular flexibility index (Phi) is 13.5. The van der Waals surface area contributed by atoms with E-state index >= 15 is 0 Å². The van der Waals surface area contributed by atoms with Crippen LogP contribution in [0.4, 0.5) is 10.5 Å². The molecule has 4 rings (SSSR count). The van der Waals surface area contributed by atoms with Crippen molar-refractivity contribution in [3.63, 3.8) is 0 Å². The van der Waals surface area contributed by atoms with Crippen LogP contribution in [0.15, 0.2) is 72.8 Å². The zero-order chi connectivity index (χ0) is 34.5. The maximum absolute atomic E-state index is 13.6. The van der Waals surface area contributed by atoms with Crippen molar-refractivity contribution in [2.24, 2.45) is 0 Å². The normalized spacial score (nSPS) is 15.6. The second-order valence-corrected chi connectivity index (χ2v) is 17.6. The van der Waals surface area contributed by atoms with E-state index in [1.807, 2.05) is 30.3 Å². The van der Waals surface area contributed by atoms with E-state index in [4.69, 9.17) is 25.8 Å². The zero-order valence-corrected chi connectivity index (χ0v) is 29.1. The third-order valence-electron chi connectivity index (χ3n) is 7.26. The fourth-order valence-corrected chi connectivity index (χ4v) is 5.60. The molecule has 1 saturated heterocycles. The van der Waals surface area contributed by atoms with Crippen LogP contribution in [0, 0.1) is 11.5 Å². The topological polar surface area (TPSA) is 135 Å². The second kappa shape index (κ2) is 17.7. The molecule has 1 aliphatic heterocycles. The first kappa shape index (κ1) is 36.5. The van der Waals surface area contributed by atoms with Crippen LogP contribution in [0.3, 0.4) is 0 Å². The minimum atomic E-state index is -1.60. The molecule has 0 bridgehead atoms. The average Bonchev–Trinajstić information content (AvgIpc) is 3.06. The van der Waals surface area contributed by atoms with Crippen molar-refractivity contribution in [3.8, 4) is 17.2 Å². The SMILES string of the molecule is C[Si](C)(C)C#Cc1ccc(NC(=O)[C@H](Cc2ccccc2)NC(=O)C(NC(=O)O)c2ccc(OCCOC3CCCCO3)cc2)c(Cl)c1. The number of ether oxygens (including phenoxy) is 3. The highest BCUT2D eigenvalue weighted by Gasteiger charge is 2.29. The van der Waals surface area contributed by atoms with Gasteiger partial charge in [0.2, 0.25) is 11.8 Å². The molecule has 3 amide bonds. The molecule has 3 atom stereocenters. The van der Waals surface area contributed by atoms with Crippen molar-refractivity contribution < 1.29 is 33.7 Å². The highest BCUT2D eigenvalue weighted by Crippen LogP contribution is 2.24. The molecule has 0 spiro atoms. The minimum absolute atomic E-state index is 0.149. The maximum Gasteiger partial charge on any atom is 0.405 e. The number of amides is 3. The molecule has 1 heterocycles. The number of carbonyl (C=O) groups is 3. The van der Waals surface area contributed by atoms with E-state index in [9.17, 15) is 19.5 Å². The van der Waals surface area contributed by atoms with Gasteiger partial charge in [-0.25, -0.2) is 4.79 Å². The molecule has 0 saturated carbocycles. The van der Waals surface area contributed by atoms with E-state index in [-0.39, 0.29) is 12.7 Å². The fourth-order valence-electron chi connectivity index (χ4n) is 4.85. The summed E-state index contributed by atoms with van der Waals surface area (Å²) in [4.78, 5) is 39.0. The van der Waals surface area contributed by atoms with Gasteiger partial charge in [0.05, 0.1) is 17.3 Å². The predicted octanol–water partition coefficient (Wildman–Crippen LogP) is 6.17. The van der Waals surface area contributed by atoms with Gasteiger partial charge in [-0.15, -0.1) is 5.54 Å². The van der Waals surface area contributed by atoms with Crippen molar-refractivity contribution in [2.75, 3.05) is 25.1 Å². The predicted molar refractivity (Wildman–Crippen MR) is 188 cm³/mol. The molecule has 12 heteroatoms. The number of hydrogen-bond donors (Lipinski definition) is 4. The number of benzene rings is 3. The molecule has 10 nitrogen and oxygen atoms in total. The summed E-state index contributed by atoms with van der Waals surface area (Å²) >= 11 is 6.51. The van der Waals surface area contributed by atoms with E-state index < -0.39 is 38.1 Å². The van der Waals surface area contributed by atoms with Crippen LogP contribution in [0.5, 0.6) is 5.75 Å². The third kappa shape index (κ3) is 12.0. The number of halogens is 1. The Bertz CT molecular complexity index is 1600. The minimum Gasteiger partial charge on any atom is -0.491 e. The lowest BCUT2D eigenvalue weighted by Gasteiger charge is -2.23. The summed E-state index contributed by atoms with van der Waals surface area (Å²) in [6.07, 6.45) is 1.51. The van der Waals surface area contributed by atoms with E-state index in [0.717, 1.165) is 30.4 Å². The van der Waals surface area contributed by atoms with Gasteiger partial charge in [-0.05, 0) is 60.7 Å². The quantitative estimate of drug-likeness (QED) is 0.0957. The van der Waals surface area contributed by atoms with E-state index in [0.29, 0.717) is 41.8 Å². The van der Waals surface area contributed by atoms with Crippen molar-refractivity contribution in [1.82, 2.24) is 10.6 Å². The summed E-state index contributed by atoms with van der Waals surface area (Å²) in [5.74, 6) is 2.45. The number of anilines is 1. The molecule has 0 radical (unpaired) electrons. The molecule has 4 N–H and O–H groups in total. The monoisotopic (exact) mass is 691 g/mol. The summed E-state index contributed by atoms with van der Waals surface area (Å²) in [5.41, 5.74) is 5.54. The first-order valence-corrected chi connectivity index (χ1v) is 19.8. The van der Waals surface area contributed by atoms with Gasteiger partial charge in [0, 0.05) is 18.6 Å². The molecule has 3 aromatic rings. The van der Waals surface area contributed by atoms with Gasteiger partial charge in [-0.1, -0.05) is 79.6 Å². The largest absolute Gasteiger partial charge is 0.491 e. The number of rotatable bonds is 13. The van der Waals surface area contributed by atoms with Gasteiger partial charge in [-0.3, -0.25) is 9.59 Å². The molecule has 254 valence electrons. The Morgan fingerprint density at radius 1 is 0.979 bits per heavy atom. The first-order valence-electron chi connectivity index (χ1n) is 15.9. The van der Waals surface area contributed by atoms with Crippen LogP contribution in [0.2, 0.25) is 24.7 Å². The summed E-state index contributed by atoms with van der Waals surface area (Å²) in [6.45, 7) is 7.77. The second-order valence-electron chi connectivity index (χ2n) is 12.4. The lowest BCUT2D eigenvalue weighted by molar-refractivity contribution is -0.165. The molecule has 0 aromatic heterocycles. The molecule has 1 fully saturated rings. The van der Waals surface area contributed by atoms with Gasteiger partial charge >= 0.3 is 6.09 Å². The van der Waals surface area contributed by atoms with Crippen LogP contribution in [0.25, 0.3) is 0 Å². The van der Waals surface area contributed by atoms with Crippen molar-refractivity contribution in [2.45, 2.75) is 63.7 Å². The van der Waals surface area contributed by atoms with Crippen LogP contribution in [0.1, 0.15) is 42.0 Å². The maximum atomic E-state index is 13.6. The summed E-state index contributed by atoms with van der Waals surface area (Å²) < 4.78 is 17.0. The van der Waals surface area contributed by atoms with Crippen LogP contribution in [-0.4, -0.2) is 63.2 Å². The Hall–Kier alpha value is -4.34. The van der Waals surface area contributed by atoms with Crippen molar-refractivity contribution in [3.05, 3.63) is 94.5 Å². The van der Waals surface area contributed by atoms with Crippen molar-refractivity contribution in [1.29, 1.82) is 0 Å². The average molecular weight is 692 g/mol. The number of nitrogens with one attached hydrogen (secondary N) is 3. The Morgan fingerprint density at radius 3 is 2.38 bits per heavy atom. The number of carboxylic acid groups (broad SMARTS) is 1. The van der Waals surface area contributed by atoms with Gasteiger partial charge in [-0.2, -0.15) is 0 Å². The molecule has 48 heavy (non-hydrogen) atoms. The first-order chi connectivity index (χ1) is 23.0. The molecule has 2 unspecified atom stereocenters. The highest BCUT2D eigenvalue weighted by molar-refractivity contribution is 6.83. The smallest absolute Gasteiger partial charge is 0.405 e. The standard InChI is InChI=1S/C36H42ClN3O7Si/c1-48(2,3)22-18-26-12-17-30(29(37)23-26)38-34(41)31(24-25-9-5-4-6-10-25)39-35(42)33(40-36(43)44)27-13-15-28(16-14-27)45-20-21-47-32-11-7-8-19-46-32/h4-6,9-10,12-17,23,31-33,40H,7-8,11,19-21,24H2,1-3H3,(H,38,41)(H,39,42)(H,43,44)/t31-,32?,33?/m0/s1. The molecule has 1 aliphatic rings. The summed E-state index contributed by atoms with van der Waals surface area (Å²) in [6, 6.07) is 18.4. The van der Waals surface area contributed by atoms with Crippen LogP contribution in [-0.2, 0) is 25.5 Å². The number of carbonyl (C=O) groups excluding carboxylic acids is 2. The lowest BCUT2D eigenvalue weighted by atomic mass is 10.0. The Morgan fingerprint density at radius 2 is 1.73 bits per heavy atom. The third-order valence-corrected chi connectivity index (χ3v) is 8.45. The van der Waals surface area contributed by atoms with Gasteiger partial charge < -0.3 is 35.3 Å². The highest BCUT2D eigenvalue weighted by atomic mass is 35.5. The zero-order valence-electron chi connectivity index (χ0n) is 27.4. The van der Waals surface area contributed by atoms with E-state index in [1.54, 1.807) is 42.5 Å². The number of hydrogen-bond acceptors (Lipinski definition) is 6. The van der Waals surface area contributed by atoms with Crippen LogP contribution >= 0.6 is 11.6 Å². The summed E-state index contributed by atoms with van der Waals surface area (Å²) in [5, 5.41) is 17.7. The molecular weight excluding hydrogens is 650 g/mol. The fraction of sp³-hybridized carbons (Fsp3) is 0.361. The van der Waals surface area contributed by atoms with Gasteiger partial charge in [0.15, 0.2) is 6.29 Å². The van der Waals surface area contributed by atoms with Crippen LogP contribution < -0.4 is 20.7 Å². The lowest BCUT2D eigenvalue weighted by Crippen LogP contribution is -2.49. The molecular formula is C36H42ClN3O7Si. The van der Waals surface area contributed by atoms with E-state index in [2.05, 4.69) is 47.1 Å².